The minimum Gasteiger partial charge on any atom is -0.462 e. The zero-order valence-electron chi connectivity index (χ0n) is 16.8. The third-order valence-corrected chi connectivity index (χ3v) is 4.33. The predicted molar refractivity (Wildman–Crippen MR) is 104 cm³/mol. The van der Waals surface area contributed by atoms with E-state index in [4.69, 9.17) is 21.1 Å². The number of hydrogen-bond acceptors (Lipinski definition) is 4. The highest BCUT2D eigenvalue weighted by atomic mass is 35.5. The summed E-state index contributed by atoms with van der Waals surface area (Å²) in [5.74, 6) is -1.01. The lowest BCUT2D eigenvalue weighted by Crippen LogP contribution is -2.31. The molecule has 0 aliphatic rings. The summed E-state index contributed by atoms with van der Waals surface area (Å²) in [6, 6.07) is 7.60. The molecule has 146 valence electrons. The largest absolute Gasteiger partial charge is 0.462 e. The fraction of sp³-hybridized carbons (Fsp3) is 0.619. The zero-order valence-corrected chi connectivity index (χ0v) is 17.6. The normalized spacial score (nSPS) is 15.3. The summed E-state index contributed by atoms with van der Waals surface area (Å²) >= 11 is 5.97. The number of benzene rings is 1. The van der Waals surface area contributed by atoms with Gasteiger partial charge in [0.1, 0.15) is 11.7 Å². The van der Waals surface area contributed by atoms with Crippen LogP contribution in [-0.4, -0.2) is 23.6 Å². The Hall–Kier alpha value is -1.55. The molecular formula is C21H31ClO4. The highest BCUT2D eigenvalue weighted by Crippen LogP contribution is 2.31. The molecule has 1 rings (SSSR count). The van der Waals surface area contributed by atoms with Crippen LogP contribution in [0.2, 0.25) is 5.02 Å². The van der Waals surface area contributed by atoms with E-state index >= 15 is 0 Å². The molecule has 5 heteroatoms. The molecule has 0 radical (unpaired) electrons. The van der Waals surface area contributed by atoms with E-state index in [0.29, 0.717) is 5.02 Å². The molecule has 3 atom stereocenters. The van der Waals surface area contributed by atoms with Crippen molar-refractivity contribution >= 4 is 23.5 Å². The smallest absolute Gasteiger partial charge is 0.309 e. The van der Waals surface area contributed by atoms with Crippen molar-refractivity contribution in [2.75, 3.05) is 0 Å². The van der Waals surface area contributed by atoms with E-state index in [-0.39, 0.29) is 30.3 Å². The summed E-state index contributed by atoms with van der Waals surface area (Å²) < 4.78 is 10.9. The quantitative estimate of drug-likeness (QED) is 0.594. The molecule has 0 saturated heterocycles. The highest BCUT2D eigenvalue weighted by Gasteiger charge is 2.29. The Morgan fingerprint density at radius 3 is 2.04 bits per heavy atom. The molecular weight excluding hydrogens is 352 g/mol. The fourth-order valence-electron chi connectivity index (χ4n) is 2.97. The third-order valence-electron chi connectivity index (χ3n) is 4.08. The van der Waals surface area contributed by atoms with E-state index in [1.54, 1.807) is 27.7 Å². The van der Waals surface area contributed by atoms with Crippen molar-refractivity contribution in [3.63, 3.8) is 0 Å². The van der Waals surface area contributed by atoms with Crippen LogP contribution in [0.4, 0.5) is 0 Å². The lowest BCUT2D eigenvalue weighted by molar-refractivity contribution is -0.163. The summed E-state index contributed by atoms with van der Waals surface area (Å²) in [6.07, 6.45) is -0.305. The molecule has 26 heavy (non-hydrogen) atoms. The van der Waals surface area contributed by atoms with Crippen molar-refractivity contribution in [1.82, 2.24) is 0 Å². The molecule has 0 saturated carbocycles. The number of carbonyl (C=O) groups excluding carboxylic acids is 2. The van der Waals surface area contributed by atoms with Crippen molar-refractivity contribution in [2.45, 2.75) is 72.5 Å². The number of ether oxygens (including phenoxy) is 2. The maximum absolute atomic E-state index is 12.4. The summed E-state index contributed by atoms with van der Waals surface area (Å²) in [5.41, 5.74) is 0.509. The Labute approximate surface area is 162 Å². The molecule has 1 aromatic rings. The minimum atomic E-state index is -0.564. The highest BCUT2D eigenvalue weighted by molar-refractivity contribution is 6.30. The first-order valence-corrected chi connectivity index (χ1v) is 9.46. The zero-order chi connectivity index (χ0) is 20.1. The molecule has 0 heterocycles. The van der Waals surface area contributed by atoms with Gasteiger partial charge < -0.3 is 9.47 Å². The average molecular weight is 383 g/mol. The summed E-state index contributed by atoms with van der Waals surface area (Å²) in [5, 5.41) is 0.673. The average Bonchev–Trinajstić information content (AvgIpc) is 2.46. The van der Waals surface area contributed by atoms with Crippen LogP contribution in [0.3, 0.4) is 0 Å². The van der Waals surface area contributed by atoms with Crippen molar-refractivity contribution in [3.8, 4) is 0 Å². The van der Waals surface area contributed by atoms with Gasteiger partial charge in [-0.15, -0.1) is 0 Å². The van der Waals surface area contributed by atoms with Gasteiger partial charge in [0.25, 0.3) is 0 Å². The molecule has 0 spiro atoms. The van der Waals surface area contributed by atoms with Gasteiger partial charge in [0, 0.05) is 10.9 Å². The van der Waals surface area contributed by atoms with Crippen LogP contribution in [0.25, 0.3) is 0 Å². The molecule has 0 aliphatic carbocycles. The van der Waals surface area contributed by atoms with E-state index in [2.05, 4.69) is 13.8 Å². The minimum absolute atomic E-state index is 0.0100. The Morgan fingerprint density at radius 2 is 1.58 bits per heavy atom. The second-order valence-corrected chi connectivity index (χ2v) is 8.59. The Balaban J connectivity index is 2.73. The molecule has 0 aromatic heterocycles. The maximum atomic E-state index is 12.4. The van der Waals surface area contributed by atoms with Gasteiger partial charge in [0.05, 0.1) is 12.3 Å². The van der Waals surface area contributed by atoms with Gasteiger partial charge in [0.15, 0.2) is 0 Å². The van der Waals surface area contributed by atoms with Crippen LogP contribution in [0.1, 0.15) is 66.4 Å². The first-order chi connectivity index (χ1) is 11.9. The number of halogens is 1. The van der Waals surface area contributed by atoms with Crippen molar-refractivity contribution in [2.24, 2.45) is 11.8 Å². The molecule has 0 amide bonds. The third kappa shape index (κ3) is 7.36. The number of rotatable bonds is 7. The van der Waals surface area contributed by atoms with Gasteiger partial charge >= 0.3 is 11.9 Å². The Kier molecular flexibility index (Phi) is 8.14. The van der Waals surface area contributed by atoms with Gasteiger partial charge in [-0.1, -0.05) is 44.5 Å². The van der Waals surface area contributed by atoms with E-state index < -0.39 is 17.5 Å². The monoisotopic (exact) mass is 382 g/mol. The van der Waals surface area contributed by atoms with Gasteiger partial charge in [-0.05, 0) is 51.3 Å². The van der Waals surface area contributed by atoms with Crippen LogP contribution < -0.4 is 0 Å². The summed E-state index contributed by atoms with van der Waals surface area (Å²) in [6.45, 7) is 13.2. The van der Waals surface area contributed by atoms with E-state index in [9.17, 15) is 9.59 Å². The van der Waals surface area contributed by atoms with E-state index in [1.165, 1.54) is 0 Å². The second kappa shape index (κ2) is 9.40. The van der Waals surface area contributed by atoms with Crippen molar-refractivity contribution in [3.05, 3.63) is 34.9 Å². The van der Waals surface area contributed by atoms with Gasteiger partial charge in [0.2, 0.25) is 0 Å². The SMILES string of the molecule is CC(C)[C@@H](c1ccc(Cl)cc1)[C@H](C)OC(=O)[C@H](C)CC(=O)OC(C)(C)C. The molecule has 0 bridgehead atoms. The van der Waals surface area contributed by atoms with Gasteiger partial charge in [-0.3, -0.25) is 9.59 Å². The molecule has 4 nitrogen and oxygen atoms in total. The molecule has 1 aromatic carbocycles. The number of carbonyl (C=O) groups is 2. The van der Waals surface area contributed by atoms with Gasteiger partial charge in [-0.2, -0.15) is 0 Å². The first kappa shape index (κ1) is 22.5. The van der Waals surface area contributed by atoms with Crippen LogP contribution in [0.5, 0.6) is 0 Å². The summed E-state index contributed by atoms with van der Waals surface area (Å²) in [4.78, 5) is 24.3. The van der Waals surface area contributed by atoms with E-state index in [1.807, 2.05) is 31.2 Å². The van der Waals surface area contributed by atoms with Gasteiger partial charge in [-0.25, -0.2) is 0 Å². The molecule has 0 N–H and O–H groups in total. The van der Waals surface area contributed by atoms with Crippen molar-refractivity contribution in [1.29, 1.82) is 0 Å². The maximum Gasteiger partial charge on any atom is 0.309 e. The lowest BCUT2D eigenvalue weighted by Gasteiger charge is -2.29. The second-order valence-electron chi connectivity index (χ2n) is 8.15. The lowest BCUT2D eigenvalue weighted by atomic mass is 9.84. The van der Waals surface area contributed by atoms with Crippen LogP contribution >= 0.6 is 11.6 Å². The Morgan fingerprint density at radius 1 is 1.04 bits per heavy atom. The summed E-state index contributed by atoms with van der Waals surface area (Å²) in [7, 11) is 0. The number of esters is 2. The van der Waals surface area contributed by atoms with Crippen LogP contribution in [0, 0.1) is 11.8 Å². The number of hydrogen-bond donors (Lipinski definition) is 0. The topological polar surface area (TPSA) is 52.6 Å². The molecule has 0 fully saturated rings. The van der Waals surface area contributed by atoms with Crippen LogP contribution in [0.15, 0.2) is 24.3 Å². The Bertz CT molecular complexity index is 601. The van der Waals surface area contributed by atoms with Crippen LogP contribution in [-0.2, 0) is 19.1 Å². The predicted octanol–water partition coefficient (Wildman–Crippen LogP) is 5.38. The standard InChI is InChI=1S/C21H31ClO4/c1-13(2)19(16-8-10-17(22)11-9-16)15(4)25-20(24)14(3)12-18(23)26-21(5,6)7/h8-11,13-15,19H,12H2,1-7H3/t14-,15+,19-/m1/s1. The fourth-order valence-corrected chi connectivity index (χ4v) is 3.10. The molecule has 0 aliphatic heterocycles. The van der Waals surface area contributed by atoms with E-state index in [0.717, 1.165) is 5.56 Å². The molecule has 0 unspecified atom stereocenters. The van der Waals surface area contributed by atoms with Crippen molar-refractivity contribution < 1.29 is 19.1 Å². The first-order valence-electron chi connectivity index (χ1n) is 9.08.